The summed E-state index contributed by atoms with van der Waals surface area (Å²) in [5, 5.41) is 7.26. The number of nitrogens with zero attached hydrogens (tertiary/aromatic N) is 1. The fraction of sp³-hybridized carbons (Fsp3) is 0.0204. The van der Waals surface area contributed by atoms with Crippen LogP contribution < -0.4 is 15.9 Å². The van der Waals surface area contributed by atoms with E-state index in [1.54, 1.807) is 0 Å². The van der Waals surface area contributed by atoms with Gasteiger partial charge < -0.3 is 13.5 Å². The Morgan fingerprint density at radius 2 is 1.09 bits per heavy atom. The highest BCUT2D eigenvalue weighted by atomic mass is 31.2. The average molecular weight is 696 g/mol. The van der Waals surface area contributed by atoms with Crippen LogP contribution in [0.3, 0.4) is 0 Å². The molecule has 1 spiro atoms. The zero-order valence-corrected chi connectivity index (χ0v) is 29.4. The Morgan fingerprint density at radius 1 is 0.453 bits per heavy atom. The normalized spacial score (nSPS) is 18.4. The van der Waals surface area contributed by atoms with E-state index in [4.69, 9.17) is 4.42 Å². The summed E-state index contributed by atoms with van der Waals surface area (Å²) in [5.74, 6) is 0. The molecule has 0 amide bonds. The van der Waals surface area contributed by atoms with E-state index in [0.29, 0.717) is 0 Å². The zero-order valence-electron chi connectivity index (χ0n) is 28.5. The summed E-state index contributed by atoms with van der Waals surface area (Å²) < 4.78 is 25.0. The lowest BCUT2D eigenvalue weighted by molar-refractivity contribution is 0.590. The van der Waals surface area contributed by atoms with Crippen LogP contribution in [0.25, 0.3) is 60.6 Å². The van der Waals surface area contributed by atoms with Crippen LogP contribution in [-0.4, -0.2) is 4.57 Å². The minimum atomic E-state index is -3.33. The molecule has 0 bridgehead atoms. The Hall–Kier alpha value is -6.41. The van der Waals surface area contributed by atoms with Crippen molar-refractivity contribution < 1.29 is 8.98 Å². The van der Waals surface area contributed by atoms with Gasteiger partial charge in [0.15, 0.2) is 7.14 Å². The van der Waals surface area contributed by atoms with Crippen molar-refractivity contribution >= 4 is 66.8 Å². The summed E-state index contributed by atoms with van der Waals surface area (Å²) in [6.07, 6.45) is 0. The third-order valence-corrected chi connectivity index (χ3v) is 15.0. The summed E-state index contributed by atoms with van der Waals surface area (Å²) in [4.78, 5) is 0. The van der Waals surface area contributed by atoms with Crippen molar-refractivity contribution in [3.8, 4) is 16.8 Å². The number of fused-ring (bicyclic) bond motifs is 14. The van der Waals surface area contributed by atoms with Crippen molar-refractivity contribution in [3.63, 3.8) is 0 Å². The van der Waals surface area contributed by atoms with Gasteiger partial charge in [0, 0.05) is 37.5 Å². The van der Waals surface area contributed by atoms with E-state index in [1.165, 1.54) is 32.9 Å². The third-order valence-electron chi connectivity index (χ3n) is 11.9. The van der Waals surface area contributed by atoms with Crippen LogP contribution in [0.2, 0.25) is 0 Å². The molecular weight excluding hydrogens is 666 g/mol. The molecule has 2 unspecified atom stereocenters. The molecule has 2 aliphatic rings. The highest BCUT2D eigenvalue weighted by Crippen LogP contribution is 2.61. The minimum absolute atomic E-state index is 0.752. The molecule has 0 saturated carbocycles. The molecule has 0 radical (unpaired) electrons. The van der Waals surface area contributed by atoms with Crippen molar-refractivity contribution in [1.29, 1.82) is 0 Å². The van der Waals surface area contributed by atoms with Gasteiger partial charge in [0.1, 0.15) is 11.2 Å². The van der Waals surface area contributed by atoms with Crippen LogP contribution in [0.15, 0.2) is 186 Å². The van der Waals surface area contributed by atoms with Gasteiger partial charge in [-0.2, -0.15) is 0 Å². The van der Waals surface area contributed by atoms with E-state index in [9.17, 15) is 0 Å². The third kappa shape index (κ3) is 3.58. The van der Waals surface area contributed by atoms with Crippen molar-refractivity contribution in [3.05, 3.63) is 204 Å². The fourth-order valence-electron chi connectivity index (χ4n) is 9.74. The molecule has 2 aliphatic heterocycles. The standard InChI is InChI=1S/C49H30NO2P/c51-53(33-13-2-1-3-14-33)46-24-11-7-19-39(46)49(38-18-6-9-22-43(38)50-42-21-8-4-15-34(42)36-17-12-20-40(49)48(36)50)41-30-32(26-28-47(41)53)31-25-27-45-37(29-31)35-16-5-10-23-44(35)52-45/h1-30H. The predicted octanol–water partition coefficient (Wildman–Crippen LogP) is 11.0. The molecule has 10 aromatic rings. The number of benzene rings is 8. The Balaban J connectivity index is 1.26. The summed E-state index contributed by atoms with van der Waals surface area (Å²) in [5.41, 5.74) is 11.2. The molecule has 0 saturated heterocycles. The lowest BCUT2D eigenvalue weighted by Gasteiger charge is -2.47. The molecule has 2 aromatic heterocycles. The maximum absolute atomic E-state index is 16.4. The van der Waals surface area contributed by atoms with Crippen LogP contribution in [0.1, 0.15) is 22.3 Å². The van der Waals surface area contributed by atoms with Crippen LogP contribution in [0.5, 0.6) is 0 Å². The second kappa shape index (κ2) is 10.3. The maximum atomic E-state index is 16.4. The predicted molar refractivity (Wildman–Crippen MR) is 218 cm³/mol. The first kappa shape index (κ1) is 29.2. The number of rotatable bonds is 2. The van der Waals surface area contributed by atoms with E-state index in [-0.39, 0.29) is 0 Å². The average Bonchev–Trinajstić information content (AvgIpc) is 3.77. The SMILES string of the molecule is O=P1(c2ccccc2)c2ccccc2C2(c3ccccc3-n3c4ccccc4c4cccc2c43)c2cc(-c3ccc4oc5ccccc5c4c3)ccc21. The molecule has 2 atom stereocenters. The van der Waals surface area contributed by atoms with E-state index in [2.05, 4.69) is 144 Å². The number of para-hydroxylation sites is 4. The summed E-state index contributed by atoms with van der Waals surface area (Å²) >= 11 is 0. The molecule has 0 N–H and O–H groups in total. The van der Waals surface area contributed by atoms with Crippen molar-refractivity contribution in [2.24, 2.45) is 0 Å². The largest absolute Gasteiger partial charge is 0.456 e. The highest BCUT2D eigenvalue weighted by Gasteiger charge is 2.54. The number of hydrogen-bond donors (Lipinski definition) is 0. The molecule has 8 aromatic carbocycles. The molecule has 4 heteroatoms. The van der Waals surface area contributed by atoms with Crippen molar-refractivity contribution in [2.45, 2.75) is 5.41 Å². The van der Waals surface area contributed by atoms with Gasteiger partial charge in [-0.15, -0.1) is 0 Å². The number of hydrogen-bond acceptors (Lipinski definition) is 2. The zero-order chi connectivity index (χ0) is 34.9. The van der Waals surface area contributed by atoms with Crippen LogP contribution in [-0.2, 0) is 9.98 Å². The fourth-order valence-corrected chi connectivity index (χ4v) is 12.9. The maximum Gasteiger partial charge on any atom is 0.171 e. The molecule has 3 nitrogen and oxygen atoms in total. The molecule has 12 rings (SSSR count). The lowest BCUT2D eigenvalue weighted by Crippen LogP contribution is -2.48. The molecule has 0 fully saturated rings. The van der Waals surface area contributed by atoms with Crippen LogP contribution >= 0.6 is 7.14 Å². The van der Waals surface area contributed by atoms with Crippen molar-refractivity contribution in [1.82, 2.24) is 4.57 Å². The Bertz CT molecular complexity index is 3220. The molecule has 4 heterocycles. The quantitative estimate of drug-likeness (QED) is 0.169. The minimum Gasteiger partial charge on any atom is -0.456 e. The van der Waals surface area contributed by atoms with Gasteiger partial charge in [-0.1, -0.05) is 140 Å². The monoisotopic (exact) mass is 695 g/mol. The van der Waals surface area contributed by atoms with Gasteiger partial charge in [-0.05, 0) is 75.8 Å². The van der Waals surface area contributed by atoms with E-state index in [0.717, 1.165) is 65.8 Å². The smallest absolute Gasteiger partial charge is 0.171 e. The van der Waals surface area contributed by atoms with Gasteiger partial charge in [0.25, 0.3) is 0 Å². The second-order valence-corrected chi connectivity index (χ2v) is 17.0. The van der Waals surface area contributed by atoms with E-state index < -0.39 is 12.6 Å². The van der Waals surface area contributed by atoms with Gasteiger partial charge in [0.2, 0.25) is 0 Å². The Kier molecular flexibility index (Phi) is 5.70. The highest BCUT2D eigenvalue weighted by molar-refractivity contribution is 7.85. The van der Waals surface area contributed by atoms with Crippen LogP contribution in [0, 0.1) is 0 Å². The molecule has 248 valence electrons. The molecule has 0 aliphatic carbocycles. The first-order chi connectivity index (χ1) is 26.2. The Labute approximate surface area is 305 Å². The number of aromatic nitrogens is 1. The summed E-state index contributed by atoms with van der Waals surface area (Å²) in [6.45, 7) is 0. The molecular formula is C49H30NO2P. The van der Waals surface area contributed by atoms with Gasteiger partial charge in [-0.25, -0.2) is 0 Å². The summed E-state index contributed by atoms with van der Waals surface area (Å²) in [7, 11) is -3.33. The molecule has 53 heavy (non-hydrogen) atoms. The van der Waals surface area contributed by atoms with Crippen molar-refractivity contribution in [2.75, 3.05) is 0 Å². The second-order valence-electron chi connectivity index (χ2n) is 14.3. The van der Waals surface area contributed by atoms with E-state index in [1.807, 2.05) is 42.5 Å². The van der Waals surface area contributed by atoms with E-state index >= 15 is 4.57 Å². The number of furan rings is 1. The lowest BCUT2D eigenvalue weighted by atomic mass is 9.62. The summed E-state index contributed by atoms with van der Waals surface area (Å²) in [6, 6.07) is 64.4. The van der Waals surface area contributed by atoms with Gasteiger partial charge >= 0.3 is 0 Å². The van der Waals surface area contributed by atoms with Crippen LogP contribution in [0.4, 0.5) is 0 Å². The topological polar surface area (TPSA) is 35.1 Å². The first-order valence-electron chi connectivity index (χ1n) is 18.1. The first-order valence-corrected chi connectivity index (χ1v) is 19.8. The Morgan fingerprint density at radius 3 is 2.00 bits per heavy atom. The van der Waals surface area contributed by atoms with Gasteiger partial charge in [0.05, 0.1) is 22.1 Å². The van der Waals surface area contributed by atoms with Gasteiger partial charge in [-0.3, -0.25) is 0 Å².